The molecule has 4 heterocycles. The zero-order chi connectivity index (χ0) is 100. The van der Waals surface area contributed by atoms with Crippen molar-refractivity contribution in [2.24, 2.45) is 0 Å². The number of para-hydroxylation sites is 2. The van der Waals surface area contributed by atoms with Crippen molar-refractivity contribution in [1.29, 1.82) is 0 Å². The summed E-state index contributed by atoms with van der Waals surface area (Å²) in [6, 6.07) is 130. The molecule has 19 aromatic carbocycles. The van der Waals surface area contributed by atoms with E-state index in [1.807, 2.05) is 24.3 Å². The molecule has 0 aromatic heterocycles. The van der Waals surface area contributed by atoms with E-state index in [0.717, 1.165) is 145 Å². The molecule has 0 unspecified atom stereocenters. The van der Waals surface area contributed by atoms with E-state index in [9.17, 15) is 11.0 Å². The third-order valence-electron chi connectivity index (χ3n) is 31.3. The Kier molecular flexibility index (Phi) is 15.8. The number of rotatable bonds is 8. The molecule has 0 fully saturated rings. The first-order chi connectivity index (χ1) is 70.3. The zero-order valence-corrected chi connectivity index (χ0v) is 79.5. The highest BCUT2D eigenvalue weighted by Crippen LogP contribution is 2.68. The van der Waals surface area contributed by atoms with E-state index >= 15 is 0 Å². The number of hydrogen-bond acceptors (Lipinski definition) is 4. The lowest BCUT2D eigenvalue weighted by Gasteiger charge is -2.46. The number of ether oxygens (including phenoxy) is 1. The predicted octanol–water partition coefficient (Wildman–Crippen LogP) is 30.4. The number of benzene rings is 19. The molecule has 0 saturated carbocycles. The standard InChI is InChI=1S/C132H103B2N3O/c1-127(2,3)85-66-67-113(100(75-85)80-40-16-13-17-41-80)136-115-65-37-35-63-110(115)134-112-78-111-116(79-120(112)138-121-71-84(70-119(136)125(121)134)91-53-39-55-99-97-51-27-33-61-108(97)132(123(91)99)105-58-30-24-48-94(105)95-49-25-31-59-106(95)132)137(126-101(81-42-18-14-19-43-81)76-88(130(10,11)12)77-102(126)82-44-20-15-21-45-82)118-69-83(68-117-124(118)133(111)109-62-34-36-64-114(109)135(117)89-73-86(128(4,5)6)72-87(74-89)129(7,8)9)90-52-38-54-98-96-50-26-32-60-107(96)131(122(90)98)103-56-28-22-46-92(103)93-47-23-29-57-104(93)131/h13-79H,1-12H3/i24D,25D,30D,31D,48D,49D,58D,59D. The van der Waals surface area contributed by atoms with Gasteiger partial charge in [0.15, 0.2) is 0 Å². The van der Waals surface area contributed by atoms with Gasteiger partial charge in [0.2, 0.25) is 0 Å². The summed E-state index contributed by atoms with van der Waals surface area (Å²) in [5.74, 6) is 1.24. The minimum absolute atomic E-state index is 0.0528. The summed E-state index contributed by atoms with van der Waals surface area (Å²) in [5.41, 5.74) is 39.4. The Morgan fingerprint density at radius 3 is 1.12 bits per heavy atom. The van der Waals surface area contributed by atoms with Gasteiger partial charge in [-0.2, -0.15) is 0 Å². The fraction of sp³-hybridized carbons (Fsp3) is 0.136. The fourth-order valence-electron chi connectivity index (χ4n) is 25.1. The van der Waals surface area contributed by atoms with Crippen molar-refractivity contribution in [3.05, 3.63) is 473 Å². The lowest BCUT2D eigenvalue weighted by Crippen LogP contribution is -2.64. The summed E-state index contributed by atoms with van der Waals surface area (Å²) >= 11 is 0. The van der Waals surface area contributed by atoms with Crippen molar-refractivity contribution in [2.75, 3.05) is 14.7 Å². The van der Waals surface area contributed by atoms with Crippen molar-refractivity contribution in [3.63, 3.8) is 0 Å². The van der Waals surface area contributed by atoms with Crippen molar-refractivity contribution in [2.45, 2.75) is 116 Å². The molecule has 0 bridgehead atoms. The maximum atomic E-state index is 10.4. The lowest BCUT2D eigenvalue weighted by atomic mass is 9.30. The highest BCUT2D eigenvalue weighted by Gasteiger charge is 2.57. The van der Waals surface area contributed by atoms with E-state index in [4.69, 9.17) is 4.74 Å². The van der Waals surface area contributed by atoms with Gasteiger partial charge >= 0.3 is 0 Å². The van der Waals surface area contributed by atoms with Crippen molar-refractivity contribution < 1.29 is 15.7 Å². The average molecular weight is 1780 g/mol. The van der Waals surface area contributed by atoms with Gasteiger partial charge < -0.3 is 19.4 Å². The third kappa shape index (κ3) is 11.6. The van der Waals surface area contributed by atoms with Gasteiger partial charge in [-0.3, -0.25) is 0 Å². The van der Waals surface area contributed by atoms with Crippen molar-refractivity contribution in [3.8, 4) is 112 Å². The molecule has 4 aliphatic carbocycles. The first-order valence-corrected chi connectivity index (χ1v) is 48.7. The van der Waals surface area contributed by atoms with Crippen LogP contribution in [0, 0.1) is 0 Å². The molecule has 19 aromatic rings. The highest BCUT2D eigenvalue weighted by molar-refractivity contribution is 7.02. The van der Waals surface area contributed by atoms with Crippen molar-refractivity contribution >= 4 is 97.4 Å². The SMILES string of the molecule is [2H]c1c([2H])c([2H])c2c(c1[2H])-c1c([2H])c([2H])c([2H])c([2H])c1C21c2ccccc2-c2cccc(-c3cc4c5c(c3)N(c3ccc(C(C)(C)C)cc3-c3ccccc3)c3ccccc3B5c3cc5c(cc3O4)N(c3c(-c4ccccc4)cc(C(C)(C)C)cc3-c3ccccc3)c3cc(-c4cccc6c4C4(c7ccccc7-c7ccccc74)c4ccccc4-6)cc4c3B5c3ccccc3N4c3cc(C(C)(C)C)cc(C(C)(C)C)c3)c21. The van der Waals surface area contributed by atoms with Crippen LogP contribution in [0.25, 0.3) is 100 Å². The normalized spacial score (nSPS) is 15.3. The number of anilines is 9. The quantitative estimate of drug-likeness (QED) is 0.141. The van der Waals surface area contributed by atoms with Crippen LogP contribution < -0.4 is 52.2 Å². The number of nitrogens with zero attached hydrogens (tertiary/aromatic N) is 3. The van der Waals surface area contributed by atoms with E-state index in [1.54, 1.807) is 0 Å². The molecule has 0 N–H and O–H groups in total. The van der Waals surface area contributed by atoms with Gasteiger partial charge in [0, 0.05) is 62.6 Å². The fourth-order valence-corrected chi connectivity index (χ4v) is 25.1. The van der Waals surface area contributed by atoms with Gasteiger partial charge in [-0.1, -0.05) is 410 Å². The molecule has 6 heteroatoms. The molecule has 658 valence electrons. The van der Waals surface area contributed by atoms with Crippen molar-refractivity contribution in [1.82, 2.24) is 0 Å². The number of fused-ring (bicyclic) bond motifs is 28. The maximum absolute atomic E-state index is 10.4. The Hall–Kier alpha value is -15.5. The largest absolute Gasteiger partial charge is 0.458 e. The minimum Gasteiger partial charge on any atom is -0.458 e. The second kappa shape index (κ2) is 29.5. The summed E-state index contributed by atoms with van der Waals surface area (Å²) in [7, 11) is 0. The molecule has 0 amide bonds. The van der Waals surface area contributed by atoms with Gasteiger partial charge in [0.25, 0.3) is 13.4 Å². The molecular formula is C132H103B2N3O. The van der Waals surface area contributed by atoms with Crippen LogP contribution in [0.1, 0.15) is 161 Å². The Morgan fingerprint density at radius 1 is 0.232 bits per heavy atom. The van der Waals surface area contributed by atoms with Gasteiger partial charge in [0.1, 0.15) is 11.5 Å². The molecule has 4 nitrogen and oxygen atoms in total. The second-order valence-corrected chi connectivity index (χ2v) is 43.0. The molecule has 0 radical (unpaired) electrons. The van der Waals surface area contributed by atoms with E-state index in [2.05, 4.69) is 431 Å². The smallest absolute Gasteiger partial charge is 0.256 e. The van der Waals surface area contributed by atoms with E-state index < -0.39 is 48.4 Å². The first kappa shape index (κ1) is 73.8. The van der Waals surface area contributed by atoms with Crippen LogP contribution in [0.3, 0.4) is 0 Å². The molecule has 2 spiro atoms. The predicted molar refractivity (Wildman–Crippen MR) is 581 cm³/mol. The molecule has 138 heavy (non-hydrogen) atoms. The maximum Gasteiger partial charge on any atom is 0.256 e. The highest BCUT2D eigenvalue weighted by atomic mass is 16.5. The van der Waals surface area contributed by atoms with Crippen LogP contribution in [-0.4, -0.2) is 13.4 Å². The molecule has 27 rings (SSSR count). The van der Waals surface area contributed by atoms with E-state index in [-0.39, 0.29) is 68.1 Å². The summed E-state index contributed by atoms with van der Waals surface area (Å²) in [6.07, 6.45) is 0. The Labute approximate surface area is 822 Å². The van der Waals surface area contributed by atoms with Crippen LogP contribution in [0.4, 0.5) is 51.2 Å². The van der Waals surface area contributed by atoms with Crippen LogP contribution in [0.15, 0.2) is 406 Å². The Morgan fingerprint density at radius 2 is 0.616 bits per heavy atom. The van der Waals surface area contributed by atoms with Crippen LogP contribution in [-0.2, 0) is 32.5 Å². The van der Waals surface area contributed by atoms with Gasteiger partial charge in [-0.15, -0.1) is 0 Å². The molecule has 0 saturated heterocycles. The molecule has 4 aliphatic heterocycles. The van der Waals surface area contributed by atoms with Gasteiger partial charge in [-0.05, 0) is 277 Å². The summed E-state index contributed by atoms with van der Waals surface area (Å²) in [4.78, 5) is 7.77. The van der Waals surface area contributed by atoms with Gasteiger partial charge in [0.05, 0.1) is 33.2 Å². The third-order valence-corrected chi connectivity index (χ3v) is 31.3. The van der Waals surface area contributed by atoms with E-state index in [1.165, 1.54) is 61.2 Å². The molecular weight excluding hydrogens is 1670 g/mol. The summed E-state index contributed by atoms with van der Waals surface area (Å²) in [6.45, 7) is 26.9. The molecule has 0 atom stereocenters. The summed E-state index contributed by atoms with van der Waals surface area (Å²) in [5, 5.41) is 0. The minimum atomic E-state index is -1.75. The monoisotopic (exact) mass is 1780 g/mol. The van der Waals surface area contributed by atoms with Crippen LogP contribution in [0.5, 0.6) is 11.5 Å². The Bertz CT molecular complexity index is 8750. The summed E-state index contributed by atoms with van der Waals surface area (Å²) < 4.78 is 87.7. The van der Waals surface area contributed by atoms with Gasteiger partial charge in [-0.25, -0.2) is 0 Å². The molecule has 8 aliphatic rings. The first-order valence-electron chi connectivity index (χ1n) is 52.7. The second-order valence-electron chi connectivity index (χ2n) is 43.0. The average Bonchev–Trinajstić information content (AvgIpc) is 1.67. The van der Waals surface area contributed by atoms with Crippen LogP contribution in [0.2, 0.25) is 0 Å². The van der Waals surface area contributed by atoms with Crippen LogP contribution >= 0.6 is 0 Å². The van der Waals surface area contributed by atoms with E-state index in [0.29, 0.717) is 33.8 Å². The Balaban J connectivity index is 0.795. The topological polar surface area (TPSA) is 19.0 Å². The zero-order valence-electron chi connectivity index (χ0n) is 87.5. The number of hydrogen-bond donors (Lipinski definition) is 0. The lowest BCUT2D eigenvalue weighted by molar-refractivity contribution is 0.488.